The summed E-state index contributed by atoms with van der Waals surface area (Å²) in [5, 5.41) is 4.74. The maximum absolute atomic E-state index is 4.74. The van der Waals surface area contributed by atoms with E-state index in [0.29, 0.717) is 5.92 Å². The SMILES string of the molecule is CCn1nc(C2CC2)c(Br)c1-c1ccccc1. The van der Waals surface area contributed by atoms with Crippen molar-refractivity contribution in [2.45, 2.75) is 32.2 Å². The van der Waals surface area contributed by atoms with Crippen molar-refractivity contribution < 1.29 is 0 Å². The molecule has 1 fully saturated rings. The Morgan fingerprint density at radius 2 is 2.00 bits per heavy atom. The lowest BCUT2D eigenvalue weighted by Gasteiger charge is -2.04. The van der Waals surface area contributed by atoms with E-state index in [0.717, 1.165) is 6.54 Å². The monoisotopic (exact) mass is 290 g/mol. The van der Waals surface area contributed by atoms with E-state index in [-0.39, 0.29) is 0 Å². The Balaban J connectivity index is 2.14. The van der Waals surface area contributed by atoms with Gasteiger partial charge in [-0.2, -0.15) is 5.10 Å². The van der Waals surface area contributed by atoms with Gasteiger partial charge >= 0.3 is 0 Å². The molecule has 0 bridgehead atoms. The molecular formula is C14H15BrN2. The molecule has 1 aromatic carbocycles. The Hall–Kier alpha value is -1.09. The maximum Gasteiger partial charge on any atom is 0.0827 e. The van der Waals surface area contributed by atoms with E-state index in [2.05, 4.69) is 51.8 Å². The van der Waals surface area contributed by atoms with Gasteiger partial charge in [0.15, 0.2) is 0 Å². The fourth-order valence-corrected chi connectivity index (χ4v) is 3.01. The van der Waals surface area contributed by atoms with Gasteiger partial charge in [-0.05, 0) is 35.7 Å². The third kappa shape index (κ3) is 1.93. The summed E-state index contributed by atoms with van der Waals surface area (Å²) in [5.74, 6) is 0.680. The Morgan fingerprint density at radius 3 is 2.59 bits per heavy atom. The van der Waals surface area contributed by atoms with E-state index in [1.165, 1.54) is 34.3 Å². The molecule has 2 aromatic rings. The molecule has 0 saturated heterocycles. The first kappa shape index (κ1) is 11.0. The summed E-state index contributed by atoms with van der Waals surface area (Å²) in [6.07, 6.45) is 2.57. The minimum atomic E-state index is 0.680. The Morgan fingerprint density at radius 1 is 1.29 bits per heavy atom. The molecule has 0 spiro atoms. The molecule has 1 aromatic heterocycles. The number of rotatable bonds is 3. The minimum absolute atomic E-state index is 0.680. The van der Waals surface area contributed by atoms with Crippen LogP contribution in [0.5, 0.6) is 0 Å². The zero-order valence-corrected chi connectivity index (χ0v) is 11.4. The van der Waals surface area contributed by atoms with Crippen molar-refractivity contribution in [2.24, 2.45) is 0 Å². The van der Waals surface area contributed by atoms with Crippen molar-refractivity contribution in [1.82, 2.24) is 9.78 Å². The van der Waals surface area contributed by atoms with Crippen LogP contribution in [0.25, 0.3) is 11.3 Å². The quantitative estimate of drug-likeness (QED) is 0.828. The van der Waals surface area contributed by atoms with E-state index < -0.39 is 0 Å². The topological polar surface area (TPSA) is 17.8 Å². The van der Waals surface area contributed by atoms with Gasteiger partial charge in [0.25, 0.3) is 0 Å². The zero-order valence-electron chi connectivity index (χ0n) is 9.86. The maximum atomic E-state index is 4.74. The molecule has 1 aliphatic carbocycles. The van der Waals surface area contributed by atoms with Gasteiger partial charge in [0.05, 0.1) is 15.9 Å². The van der Waals surface area contributed by atoms with E-state index in [4.69, 9.17) is 5.10 Å². The lowest BCUT2D eigenvalue weighted by molar-refractivity contribution is 0.654. The molecule has 0 atom stereocenters. The lowest BCUT2D eigenvalue weighted by atomic mass is 10.1. The van der Waals surface area contributed by atoms with Crippen LogP contribution >= 0.6 is 15.9 Å². The Bertz CT molecular complexity index is 527. The number of nitrogens with zero attached hydrogens (tertiary/aromatic N) is 2. The van der Waals surface area contributed by atoms with E-state index >= 15 is 0 Å². The van der Waals surface area contributed by atoms with Gasteiger partial charge in [-0.25, -0.2) is 0 Å². The van der Waals surface area contributed by atoms with Crippen molar-refractivity contribution >= 4 is 15.9 Å². The van der Waals surface area contributed by atoms with Crippen LogP contribution in [0.15, 0.2) is 34.8 Å². The number of halogens is 1. The standard InChI is InChI=1S/C14H15BrN2/c1-2-17-14(11-6-4-3-5-7-11)12(15)13(16-17)10-8-9-10/h3-7,10H,2,8-9H2,1H3. The van der Waals surface area contributed by atoms with E-state index in [1.807, 2.05) is 6.07 Å². The van der Waals surface area contributed by atoms with Crippen molar-refractivity contribution in [1.29, 1.82) is 0 Å². The minimum Gasteiger partial charge on any atom is -0.264 e. The molecule has 1 aliphatic rings. The number of aromatic nitrogens is 2. The number of benzene rings is 1. The van der Waals surface area contributed by atoms with Crippen molar-refractivity contribution in [3.8, 4) is 11.3 Å². The summed E-state index contributed by atoms with van der Waals surface area (Å²) in [4.78, 5) is 0. The first-order valence-electron chi connectivity index (χ1n) is 6.13. The highest BCUT2D eigenvalue weighted by Crippen LogP contribution is 2.45. The molecule has 88 valence electrons. The predicted octanol–water partition coefficient (Wildman–Crippen LogP) is 4.21. The van der Waals surface area contributed by atoms with Gasteiger partial charge in [0.1, 0.15) is 0 Å². The van der Waals surface area contributed by atoms with Crippen LogP contribution in [-0.4, -0.2) is 9.78 Å². The van der Waals surface area contributed by atoms with Crippen LogP contribution in [0, 0.1) is 0 Å². The summed E-state index contributed by atoms with van der Waals surface area (Å²) in [6.45, 7) is 3.05. The van der Waals surface area contributed by atoms with Gasteiger partial charge in [0, 0.05) is 18.0 Å². The largest absolute Gasteiger partial charge is 0.264 e. The Labute approximate surface area is 110 Å². The summed E-state index contributed by atoms with van der Waals surface area (Å²) in [6, 6.07) is 10.5. The van der Waals surface area contributed by atoms with Gasteiger partial charge in [-0.15, -0.1) is 0 Å². The number of hydrogen-bond donors (Lipinski definition) is 0. The Kier molecular flexibility index (Phi) is 2.79. The van der Waals surface area contributed by atoms with Gasteiger partial charge < -0.3 is 0 Å². The fraction of sp³-hybridized carbons (Fsp3) is 0.357. The zero-order chi connectivity index (χ0) is 11.8. The molecule has 17 heavy (non-hydrogen) atoms. The number of hydrogen-bond acceptors (Lipinski definition) is 1. The number of aryl methyl sites for hydroxylation is 1. The fourth-order valence-electron chi connectivity index (χ4n) is 2.18. The molecule has 0 unspecified atom stereocenters. The van der Waals surface area contributed by atoms with Crippen LogP contribution in [-0.2, 0) is 6.54 Å². The average molecular weight is 291 g/mol. The molecule has 0 N–H and O–H groups in total. The second-order valence-corrected chi connectivity index (χ2v) is 5.30. The average Bonchev–Trinajstić information content (AvgIpc) is 3.15. The van der Waals surface area contributed by atoms with Crippen LogP contribution in [0.2, 0.25) is 0 Å². The molecule has 3 heteroatoms. The van der Waals surface area contributed by atoms with Gasteiger partial charge in [-0.1, -0.05) is 30.3 Å². The first-order chi connectivity index (χ1) is 8.31. The first-order valence-corrected chi connectivity index (χ1v) is 6.92. The summed E-state index contributed by atoms with van der Waals surface area (Å²) in [7, 11) is 0. The second kappa shape index (κ2) is 4.30. The smallest absolute Gasteiger partial charge is 0.0827 e. The van der Waals surface area contributed by atoms with Crippen LogP contribution in [0.1, 0.15) is 31.4 Å². The third-order valence-corrected chi connectivity index (χ3v) is 4.01. The van der Waals surface area contributed by atoms with E-state index in [9.17, 15) is 0 Å². The van der Waals surface area contributed by atoms with Gasteiger partial charge in [-0.3, -0.25) is 4.68 Å². The highest BCUT2D eigenvalue weighted by molar-refractivity contribution is 9.10. The summed E-state index contributed by atoms with van der Waals surface area (Å²) < 4.78 is 3.29. The molecular weight excluding hydrogens is 276 g/mol. The predicted molar refractivity (Wildman–Crippen MR) is 73.0 cm³/mol. The molecule has 0 amide bonds. The van der Waals surface area contributed by atoms with Crippen molar-refractivity contribution in [3.63, 3.8) is 0 Å². The molecule has 0 aliphatic heterocycles. The molecule has 1 heterocycles. The normalized spacial score (nSPS) is 15.2. The highest BCUT2D eigenvalue weighted by Gasteiger charge is 2.30. The molecule has 1 saturated carbocycles. The van der Waals surface area contributed by atoms with Crippen LogP contribution < -0.4 is 0 Å². The summed E-state index contributed by atoms with van der Waals surface area (Å²) >= 11 is 3.74. The highest BCUT2D eigenvalue weighted by atomic mass is 79.9. The van der Waals surface area contributed by atoms with Crippen LogP contribution in [0.4, 0.5) is 0 Å². The lowest BCUT2D eigenvalue weighted by Crippen LogP contribution is -1.99. The second-order valence-electron chi connectivity index (χ2n) is 4.50. The van der Waals surface area contributed by atoms with Crippen LogP contribution in [0.3, 0.4) is 0 Å². The molecule has 2 nitrogen and oxygen atoms in total. The molecule has 3 rings (SSSR count). The van der Waals surface area contributed by atoms with Crippen molar-refractivity contribution in [2.75, 3.05) is 0 Å². The molecule has 0 radical (unpaired) electrons. The van der Waals surface area contributed by atoms with Crippen molar-refractivity contribution in [3.05, 3.63) is 40.5 Å². The summed E-state index contributed by atoms with van der Waals surface area (Å²) in [5.41, 5.74) is 3.70. The van der Waals surface area contributed by atoms with Gasteiger partial charge in [0.2, 0.25) is 0 Å². The van der Waals surface area contributed by atoms with E-state index in [1.54, 1.807) is 0 Å². The third-order valence-electron chi connectivity index (χ3n) is 3.23.